The predicted molar refractivity (Wildman–Crippen MR) is 76.0 cm³/mol. The van der Waals surface area contributed by atoms with Crippen LogP contribution in [0.5, 0.6) is 0 Å². The Morgan fingerprint density at radius 1 is 1.33 bits per heavy atom. The lowest BCUT2D eigenvalue weighted by Crippen LogP contribution is -2.42. The molecule has 0 N–H and O–H groups in total. The van der Waals surface area contributed by atoms with E-state index in [1.54, 1.807) is 0 Å². The number of morpholine rings is 1. The smallest absolute Gasteiger partial charge is 0.253 e. The van der Waals surface area contributed by atoms with E-state index in [4.69, 9.17) is 4.74 Å². The number of ether oxygens (including phenoxy) is 1. The number of hydrogen-bond donors (Lipinski definition) is 0. The maximum atomic E-state index is 12.0. The number of hydrogen-bond acceptors (Lipinski definition) is 2. The van der Waals surface area contributed by atoms with Crippen LogP contribution in [0.2, 0.25) is 0 Å². The van der Waals surface area contributed by atoms with Gasteiger partial charge in [-0.1, -0.05) is 42.8 Å². The van der Waals surface area contributed by atoms with Crippen molar-refractivity contribution in [2.45, 2.75) is 26.2 Å². The van der Waals surface area contributed by atoms with Crippen LogP contribution in [0.3, 0.4) is 0 Å². The van der Waals surface area contributed by atoms with Crippen molar-refractivity contribution in [1.82, 2.24) is 0 Å². The number of amides is 1. The van der Waals surface area contributed by atoms with Gasteiger partial charge in [0.15, 0.2) is 0 Å². The van der Waals surface area contributed by atoms with Crippen molar-refractivity contribution in [2.24, 2.45) is 0 Å². The van der Waals surface area contributed by atoms with Crippen LogP contribution in [0.25, 0.3) is 0 Å². The maximum absolute atomic E-state index is 12.0. The number of nitrogens with zero attached hydrogens (tertiary/aromatic N) is 1. The Balaban J connectivity index is 2.47. The normalized spacial score (nSPS) is 17.1. The average molecular weight is 312 g/mol. The molecule has 0 spiro atoms. The van der Waals surface area contributed by atoms with E-state index in [1.165, 1.54) is 5.56 Å². The molecule has 0 aromatic heterocycles. The Kier molecular flexibility index (Phi) is 3.78. The van der Waals surface area contributed by atoms with Gasteiger partial charge in [-0.2, -0.15) is 0 Å². The summed E-state index contributed by atoms with van der Waals surface area (Å²) in [5.74, 6) is 0.0323. The predicted octanol–water partition coefficient (Wildman–Crippen LogP) is 3.11. The van der Waals surface area contributed by atoms with Gasteiger partial charge in [-0.15, -0.1) is 0 Å². The zero-order valence-corrected chi connectivity index (χ0v) is 12.6. The molecule has 1 heterocycles. The van der Waals surface area contributed by atoms with Gasteiger partial charge >= 0.3 is 0 Å². The zero-order chi connectivity index (χ0) is 13.3. The summed E-state index contributed by atoms with van der Waals surface area (Å²) in [5, 5.41) is 0. The molecule has 0 aliphatic carbocycles. The SMILES string of the molecule is CC(C)(C)c1ccc(Br)cc1N1CCOCC1=O. The Morgan fingerprint density at radius 3 is 2.67 bits per heavy atom. The number of benzene rings is 1. The molecule has 0 atom stereocenters. The molecule has 1 aliphatic heterocycles. The minimum Gasteiger partial charge on any atom is -0.370 e. The second-order valence-electron chi connectivity index (χ2n) is 5.51. The first-order valence-electron chi connectivity index (χ1n) is 6.08. The number of carbonyl (C=O) groups is 1. The number of anilines is 1. The third-order valence-electron chi connectivity index (χ3n) is 3.04. The molecule has 1 aromatic rings. The highest BCUT2D eigenvalue weighted by atomic mass is 79.9. The standard InChI is InChI=1S/C14H18BrNO2/c1-14(2,3)11-5-4-10(15)8-12(11)16-6-7-18-9-13(16)17/h4-5,8H,6-7,9H2,1-3H3. The molecule has 1 aliphatic rings. The van der Waals surface area contributed by atoms with Crippen LogP contribution >= 0.6 is 15.9 Å². The van der Waals surface area contributed by atoms with Gasteiger partial charge in [0.25, 0.3) is 5.91 Å². The molecule has 18 heavy (non-hydrogen) atoms. The average Bonchev–Trinajstić information content (AvgIpc) is 2.27. The second-order valence-corrected chi connectivity index (χ2v) is 6.43. The van der Waals surface area contributed by atoms with Gasteiger partial charge in [0.1, 0.15) is 6.61 Å². The van der Waals surface area contributed by atoms with Crippen molar-refractivity contribution in [2.75, 3.05) is 24.7 Å². The monoisotopic (exact) mass is 311 g/mol. The van der Waals surface area contributed by atoms with E-state index in [9.17, 15) is 4.79 Å². The largest absolute Gasteiger partial charge is 0.370 e. The molecule has 98 valence electrons. The Hall–Kier alpha value is -0.870. The summed E-state index contributed by atoms with van der Waals surface area (Å²) in [6.45, 7) is 7.87. The van der Waals surface area contributed by atoms with E-state index >= 15 is 0 Å². The number of carbonyl (C=O) groups excluding carboxylic acids is 1. The molecule has 2 rings (SSSR count). The molecule has 0 saturated carbocycles. The van der Waals surface area contributed by atoms with Crippen molar-refractivity contribution >= 4 is 27.5 Å². The van der Waals surface area contributed by atoms with Crippen LogP contribution in [0.1, 0.15) is 26.3 Å². The van der Waals surface area contributed by atoms with Gasteiger partial charge in [-0.25, -0.2) is 0 Å². The minimum absolute atomic E-state index is 0.00855. The summed E-state index contributed by atoms with van der Waals surface area (Å²) in [4.78, 5) is 13.8. The lowest BCUT2D eigenvalue weighted by Gasteiger charge is -2.32. The molecule has 0 bridgehead atoms. The molecular formula is C14H18BrNO2. The first kappa shape index (κ1) is 13.6. The highest BCUT2D eigenvalue weighted by Crippen LogP contribution is 2.34. The highest BCUT2D eigenvalue weighted by molar-refractivity contribution is 9.10. The summed E-state index contributed by atoms with van der Waals surface area (Å²) < 4.78 is 6.18. The molecule has 4 heteroatoms. The summed E-state index contributed by atoms with van der Waals surface area (Å²) in [5.41, 5.74) is 2.18. The molecule has 1 aromatic carbocycles. The van der Waals surface area contributed by atoms with E-state index in [-0.39, 0.29) is 17.9 Å². The van der Waals surface area contributed by atoms with Gasteiger partial charge in [0, 0.05) is 16.7 Å². The fourth-order valence-corrected chi connectivity index (χ4v) is 2.48. The third kappa shape index (κ3) is 2.75. The quantitative estimate of drug-likeness (QED) is 0.797. The lowest BCUT2D eigenvalue weighted by molar-refractivity contribution is -0.125. The first-order chi connectivity index (χ1) is 8.39. The van der Waals surface area contributed by atoms with Crippen molar-refractivity contribution in [3.63, 3.8) is 0 Å². The van der Waals surface area contributed by atoms with Crippen molar-refractivity contribution in [3.05, 3.63) is 28.2 Å². The van der Waals surface area contributed by atoms with Crippen molar-refractivity contribution < 1.29 is 9.53 Å². The fourth-order valence-electron chi connectivity index (χ4n) is 2.14. The summed E-state index contributed by atoms with van der Waals surface area (Å²) in [6.07, 6.45) is 0. The molecule has 1 amide bonds. The van der Waals surface area contributed by atoms with Gasteiger partial charge < -0.3 is 9.64 Å². The summed E-state index contributed by atoms with van der Waals surface area (Å²) >= 11 is 3.48. The van der Waals surface area contributed by atoms with Gasteiger partial charge in [0.05, 0.1) is 6.61 Å². The van der Waals surface area contributed by atoms with Crippen LogP contribution < -0.4 is 4.90 Å². The summed E-state index contributed by atoms with van der Waals surface area (Å²) in [6, 6.07) is 6.13. The topological polar surface area (TPSA) is 29.5 Å². The van der Waals surface area contributed by atoms with E-state index < -0.39 is 0 Å². The molecule has 3 nitrogen and oxygen atoms in total. The van der Waals surface area contributed by atoms with Crippen molar-refractivity contribution in [3.8, 4) is 0 Å². The van der Waals surface area contributed by atoms with Crippen LogP contribution in [-0.2, 0) is 14.9 Å². The minimum atomic E-state index is 0.00855. The van der Waals surface area contributed by atoms with Gasteiger partial charge in [-0.3, -0.25) is 4.79 Å². The number of halogens is 1. The van der Waals surface area contributed by atoms with Crippen LogP contribution in [-0.4, -0.2) is 25.7 Å². The highest BCUT2D eigenvalue weighted by Gasteiger charge is 2.26. The van der Waals surface area contributed by atoms with Crippen LogP contribution in [0.4, 0.5) is 5.69 Å². The van der Waals surface area contributed by atoms with E-state index in [1.807, 2.05) is 17.0 Å². The molecular weight excluding hydrogens is 294 g/mol. The van der Waals surface area contributed by atoms with Gasteiger partial charge in [-0.05, 0) is 23.1 Å². The summed E-state index contributed by atoms with van der Waals surface area (Å²) in [7, 11) is 0. The zero-order valence-electron chi connectivity index (χ0n) is 11.0. The molecule has 0 unspecified atom stereocenters. The molecule has 1 saturated heterocycles. The second kappa shape index (κ2) is 5.02. The lowest BCUT2D eigenvalue weighted by atomic mass is 9.85. The van der Waals surface area contributed by atoms with E-state index in [2.05, 4.69) is 42.8 Å². The third-order valence-corrected chi connectivity index (χ3v) is 3.54. The van der Waals surface area contributed by atoms with Crippen molar-refractivity contribution in [1.29, 1.82) is 0 Å². The van der Waals surface area contributed by atoms with Crippen LogP contribution in [0.15, 0.2) is 22.7 Å². The Labute approximate surface area is 116 Å². The molecule has 0 radical (unpaired) electrons. The van der Waals surface area contributed by atoms with Crippen LogP contribution in [0, 0.1) is 0 Å². The first-order valence-corrected chi connectivity index (χ1v) is 6.87. The van der Waals surface area contributed by atoms with E-state index in [0.29, 0.717) is 13.2 Å². The Bertz CT molecular complexity index is 465. The molecule has 1 fully saturated rings. The fraction of sp³-hybridized carbons (Fsp3) is 0.500. The van der Waals surface area contributed by atoms with E-state index in [0.717, 1.165) is 10.2 Å². The van der Waals surface area contributed by atoms with Gasteiger partial charge in [0.2, 0.25) is 0 Å². The number of rotatable bonds is 1. The maximum Gasteiger partial charge on any atom is 0.253 e. The Morgan fingerprint density at radius 2 is 2.06 bits per heavy atom.